The van der Waals surface area contributed by atoms with Gasteiger partial charge in [0.25, 0.3) is 5.91 Å². The minimum atomic E-state index is -4.58. The highest BCUT2D eigenvalue weighted by Gasteiger charge is 2.32. The quantitative estimate of drug-likeness (QED) is 0.471. The van der Waals surface area contributed by atoms with Gasteiger partial charge in [-0.3, -0.25) is 4.79 Å². The Morgan fingerprint density at radius 3 is 2.73 bits per heavy atom. The maximum atomic E-state index is 12.8. The Kier molecular flexibility index (Phi) is 6.70. The molecule has 0 aromatic carbocycles. The average molecular weight is 479 g/mol. The molecule has 9 nitrogen and oxygen atoms in total. The van der Waals surface area contributed by atoms with E-state index in [2.05, 4.69) is 35.3 Å². The molecule has 13 heteroatoms. The summed E-state index contributed by atoms with van der Waals surface area (Å²) in [6, 6.07) is 3.35. The summed E-state index contributed by atoms with van der Waals surface area (Å²) < 4.78 is 47.8. The lowest BCUT2D eigenvalue weighted by Crippen LogP contribution is -2.16. The van der Waals surface area contributed by atoms with Crippen LogP contribution in [0.5, 0.6) is 5.88 Å². The number of carbonyl (C=O) groups excluding carboxylic acids is 1. The number of alkyl halides is 3. The molecule has 0 spiro atoms. The highest BCUT2D eigenvalue weighted by atomic mass is 32.1. The predicted molar refractivity (Wildman–Crippen MR) is 116 cm³/mol. The number of hydrogen-bond acceptors (Lipinski definition) is 9. The van der Waals surface area contributed by atoms with Crippen LogP contribution in [0.4, 0.5) is 29.7 Å². The predicted octanol–water partition coefficient (Wildman–Crippen LogP) is 3.64. The highest BCUT2D eigenvalue weighted by molar-refractivity contribution is 7.10. The number of rotatable bonds is 7. The Morgan fingerprint density at radius 2 is 2.09 bits per heavy atom. The molecule has 4 heterocycles. The summed E-state index contributed by atoms with van der Waals surface area (Å²) in [5, 5.41) is 9.15. The smallest absolute Gasteiger partial charge is 0.434 e. The summed E-state index contributed by atoms with van der Waals surface area (Å²) in [5.74, 6) is 0.537. The van der Waals surface area contributed by atoms with E-state index in [0.717, 1.165) is 37.2 Å². The first kappa shape index (κ1) is 22.9. The summed E-state index contributed by atoms with van der Waals surface area (Å²) in [5.41, 5.74) is 0.0563. The van der Waals surface area contributed by atoms with E-state index in [1.165, 1.54) is 6.20 Å². The van der Waals surface area contributed by atoms with E-state index in [-0.39, 0.29) is 11.4 Å². The molecular formula is C20H20F3N7O2S. The number of nitrogens with one attached hydrogen (secondary N) is 3. The van der Waals surface area contributed by atoms with Gasteiger partial charge in [-0.25, -0.2) is 15.0 Å². The van der Waals surface area contributed by atoms with Gasteiger partial charge in [-0.2, -0.15) is 17.5 Å². The van der Waals surface area contributed by atoms with Crippen LogP contribution in [-0.4, -0.2) is 44.9 Å². The molecule has 3 N–H and O–H groups in total. The fraction of sp³-hybridized carbons (Fsp3) is 0.350. The van der Waals surface area contributed by atoms with Gasteiger partial charge >= 0.3 is 6.18 Å². The van der Waals surface area contributed by atoms with Crippen LogP contribution in [0, 0.1) is 12.8 Å². The number of ether oxygens (including phenoxy) is 1. The number of halogens is 3. The summed E-state index contributed by atoms with van der Waals surface area (Å²) in [4.78, 5) is 24.1. The molecule has 1 aliphatic heterocycles. The van der Waals surface area contributed by atoms with Gasteiger partial charge in [-0.05, 0) is 37.5 Å². The Balaban J connectivity index is 1.40. The molecule has 174 valence electrons. The fourth-order valence-corrected chi connectivity index (χ4v) is 3.97. The van der Waals surface area contributed by atoms with Crippen LogP contribution in [0.2, 0.25) is 0 Å². The molecule has 3 aromatic heterocycles. The van der Waals surface area contributed by atoms with Crippen molar-refractivity contribution in [1.82, 2.24) is 24.6 Å². The van der Waals surface area contributed by atoms with Gasteiger partial charge in [0.2, 0.25) is 5.88 Å². The van der Waals surface area contributed by atoms with Crippen molar-refractivity contribution in [3.8, 4) is 5.88 Å². The molecule has 1 fully saturated rings. The molecule has 1 saturated heterocycles. The van der Waals surface area contributed by atoms with Gasteiger partial charge in [0.05, 0.1) is 42.1 Å². The summed E-state index contributed by atoms with van der Waals surface area (Å²) in [6.45, 7) is 4.15. The summed E-state index contributed by atoms with van der Waals surface area (Å²) >= 11 is 0.988. The molecule has 0 saturated carbocycles. The minimum Gasteiger partial charge on any atom is -0.477 e. The molecular weight excluding hydrogens is 459 g/mol. The molecule has 3 aromatic rings. The van der Waals surface area contributed by atoms with E-state index in [9.17, 15) is 18.0 Å². The molecule has 1 aliphatic rings. The Hall–Kier alpha value is -3.32. The third-order valence-electron chi connectivity index (χ3n) is 4.90. The first-order valence-corrected chi connectivity index (χ1v) is 10.8. The van der Waals surface area contributed by atoms with Crippen LogP contribution in [0.15, 0.2) is 30.7 Å². The van der Waals surface area contributed by atoms with Crippen LogP contribution >= 0.6 is 11.5 Å². The van der Waals surface area contributed by atoms with Gasteiger partial charge in [-0.15, -0.1) is 0 Å². The van der Waals surface area contributed by atoms with Gasteiger partial charge < -0.3 is 20.7 Å². The van der Waals surface area contributed by atoms with Crippen LogP contribution in [0.3, 0.4) is 0 Å². The van der Waals surface area contributed by atoms with Crippen molar-refractivity contribution in [3.63, 3.8) is 0 Å². The monoisotopic (exact) mass is 479 g/mol. The van der Waals surface area contributed by atoms with E-state index in [0.29, 0.717) is 41.0 Å². The molecule has 0 radical (unpaired) electrons. The SMILES string of the molecule is Cc1nsc(Nc2cnc(C(F)(F)F)cn2)c1C(=O)Nc1ccc(OC[C@H]2CCNC2)nc1. The maximum Gasteiger partial charge on any atom is 0.434 e. The fourth-order valence-electron chi connectivity index (χ4n) is 3.17. The lowest BCUT2D eigenvalue weighted by Gasteiger charge is -2.11. The number of aromatic nitrogens is 4. The zero-order valence-electron chi connectivity index (χ0n) is 17.4. The number of pyridine rings is 1. The van der Waals surface area contributed by atoms with E-state index < -0.39 is 17.8 Å². The molecule has 0 aliphatic carbocycles. The molecule has 1 atom stereocenters. The van der Waals surface area contributed by atoms with Crippen LogP contribution in [0.1, 0.15) is 28.2 Å². The number of nitrogens with zero attached hydrogens (tertiary/aromatic N) is 4. The molecule has 4 rings (SSSR count). The topological polar surface area (TPSA) is 114 Å². The minimum absolute atomic E-state index is 0.0568. The van der Waals surface area contributed by atoms with Gasteiger partial charge in [0, 0.05) is 18.5 Å². The van der Waals surface area contributed by atoms with E-state index >= 15 is 0 Å². The highest BCUT2D eigenvalue weighted by Crippen LogP contribution is 2.30. The Bertz CT molecular complexity index is 1100. The standard InChI is InChI=1S/C20H20F3N7O2S/c1-11-17(19(33-30-11)29-15-9-25-14(8-26-15)20(21,22)23)18(31)28-13-2-3-16(27-7-13)32-10-12-4-5-24-6-12/h2-3,7-9,12,24H,4-6,10H2,1H3,(H,26,29)(H,28,31)/t12-/m0/s1. The molecule has 33 heavy (non-hydrogen) atoms. The van der Waals surface area contributed by atoms with Crippen molar-refractivity contribution in [3.05, 3.63) is 47.7 Å². The largest absolute Gasteiger partial charge is 0.477 e. The average Bonchev–Trinajstić information content (AvgIpc) is 3.43. The second-order valence-corrected chi connectivity index (χ2v) is 8.16. The van der Waals surface area contributed by atoms with Crippen molar-refractivity contribution in [2.75, 3.05) is 30.3 Å². The van der Waals surface area contributed by atoms with Crippen molar-refractivity contribution < 1.29 is 22.7 Å². The first-order chi connectivity index (χ1) is 15.8. The first-order valence-electron chi connectivity index (χ1n) is 10.0. The van der Waals surface area contributed by atoms with Crippen molar-refractivity contribution in [2.24, 2.45) is 5.92 Å². The number of amides is 1. The van der Waals surface area contributed by atoms with Gasteiger partial charge in [0.1, 0.15) is 10.8 Å². The number of hydrogen-bond donors (Lipinski definition) is 3. The summed E-state index contributed by atoms with van der Waals surface area (Å²) in [7, 11) is 0. The van der Waals surface area contributed by atoms with E-state index in [1.54, 1.807) is 19.1 Å². The zero-order valence-corrected chi connectivity index (χ0v) is 18.3. The van der Waals surface area contributed by atoms with Crippen molar-refractivity contribution in [2.45, 2.75) is 19.5 Å². The maximum absolute atomic E-state index is 12.8. The lowest BCUT2D eigenvalue weighted by atomic mass is 10.1. The third-order valence-corrected chi connectivity index (χ3v) is 5.75. The Morgan fingerprint density at radius 1 is 1.24 bits per heavy atom. The van der Waals surface area contributed by atoms with E-state index in [1.807, 2.05) is 0 Å². The Labute approximate surface area is 191 Å². The molecule has 1 amide bonds. The van der Waals surface area contributed by atoms with Gasteiger partial charge in [0.15, 0.2) is 5.69 Å². The second-order valence-electron chi connectivity index (χ2n) is 7.39. The lowest BCUT2D eigenvalue weighted by molar-refractivity contribution is -0.141. The molecule has 0 bridgehead atoms. The number of aryl methyl sites for hydroxylation is 1. The second kappa shape index (κ2) is 9.67. The van der Waals surface area contributed by atoms with Crippen molar-refractivity contribution in [1.29, 1.82) is 0 Å². The third kappa shape index (κ3) is 5.73. The summed E-state index contributed by atoms with van der Waals surface area (Å²) in [6.07, 6.45) is -0.460. The van der Waals surface area contributed by atoms with Crippen LogP contribution < -0.4 is 20.7 Å². The van der Waals surface area contributed by atoms with Gasteiger partial charge in [-0.1, -0.05) is 0 Å². The van der Waals surface area contributed by atoms with Crippen LogP contribution in [-0.2, 0) is 6.18 Å². The molecule has 0 unspecified atom stereocenters. The van der Waals surface area contributed by atoms with Crippen molar-refractivity contribution >= 4 is 33.9 Å². The van der Waals surface area contributed by atoms with E-state index in [4.69, 9.17) is 4.74 Å². The zero-order chi connectivity index (χ0) is 23.4. The number of anilines is 3. The normalized spacial score (nSPS) is 15.9. The number of carbonyl (C=O) groups is 1. The van der Waals surface area contributed by atoms with Crippen LogP contribution in [0.25, 0.3) is 0 Å².